The third kappa shape index (κ3) is 9.25. The maximum Gasteiger partial charge on any atom is 0.132 e. The Morgan fingerprint density at radius 1 is 0.708 bits per heavy atom. The first-order chi connectivity index (χ1) is 11.6. The number of hydrogen-bond donors (Lipinski definition) is 1. The van der Waals surface area contributed by atoms with Crippen LogP contribution in [0.1, 0.15) is 44.1 Å². The van der Waals surface area contributed by atoms with Crippen molar-refractivity contribution in [3.05, 3.63) is 35.1 Å². The molecule has 0 aliphatic heterocycles. The molecule has 0 aromatic heterocycles. The molecule has 1 aromatic rings. The van der Waals surface area contributed by atoms with Crippen LogP contribution >= 0.6 is 0 Å². The molecule has 0 unspecified atom stereocenters. The molecule has 0 atom stereocenters. The van der Waals surface area contributed by atoms with Gasteiger partial charge in [-0.2, -0.15) is 0 Å². The van der Waals surface area contributed by atoms with Gasteiger partial charge in [0.25, 0.3) is 0 Å². The second-order valence-electron chi connectivity index (χ2n) is 5.73. The molecule has 0 bridgehead atoms. The molecule has 0 aliphatic rings. The van der Waals surface area contributed by atoms with Gasteiger partial charge in [-0.15, -0.1) is 0 Å². The van der Waals surface area contributed by atoms with E-state index in [2.05, 4.69) is 0 Å². The highest BCUT2D eigenvalue weighted by Gasteiger charge is 2.10. The molecule has 138 valence electrons. The average Bonchev–Trinajstić information content (AvgIpc) is 2.53. The van der Waals surface area contributed by atoms with Crippen molar-refractivity contribution >= 4 is 0 Å². The van der Waals surface area contributed by atoms with Crippen LogP contribution in [0.25, 0.3) is 0 Å². The van der Waals surface area contributed by atoms with Crippen molar-refractivity contribution in [3.63, 3.8) is 0 Å². The summed E-state index contributed by atoms with van der Waals surface area (Å²) in [4.78, 5) is 0. The number of halogens is 3. The Labute approximate surface area is 142 Å². The first-order valence-electron chi connectivity index (χ1n) is 8.64. The van der Waals surface area contributed by atoms with Crippen LogP contribution in [0.2, 0.25) is 0 Å². The lowest BCUT2D eigenvalue weighted by Gasteiger charge is -2.07. The second-order valence-corrected chi connectivity index (χ2v) is 5.73. The highest BCUT2D eigenvalue weighted by molar-refractivity contribution is 5.20. The van der Waals surface area contributed by atoms with Gasteiger partial charge >= 0.3 is 0 Å². The zero-order valence-electron chi connectivity index (χ0n) is 14.2. The fourth-order valence-electron chi connectivity index (χ4n) is 2.37. The summed E-state index contributed by atoms with van der Waals surface area (Å²) < 4.78 is 50.5. The zero-order valence-corrected chi connectivity index (χ0v) is 14.2. The summed E-state index contributed by atoms with van der Waals surface area (Å²) in [6.45, 7) is 3.29. The van der Waals surface area contributed by atoms with Gasteiger partial charge in [-0.1, -0.05) is 6.42 Å². The van der Waals surface area contributed by atoms with Gasteiger partial charge in [0, 0.05) is 44.1 Å². The minimum Gasteiger partial charge on any atom is -0.381 e. The number of unbranched alkanes of at least 4 members (excludes halogenated alkanes) is 4. The van der Waals surface area contributed by atoms with E-state index >= 15 is 0 Å². The molecule has 2 N–H and O–H groups in total. The lowest BCUT2D eigenvalue weighted by Crippen LogP contribution is -2.09. The van der Waals surface area contributed by atoms with Crippen LogP contribution in [0.15, 0.2) is 12.1 Å². The van der Waals surface area contributed by atoms with Gasteiger partial charge in [0.1, 0.15) is 17.5 Å². The Morgan fingerprint density at radius 3 is 1.75 bits per heavy atom. The molecule has 6 heteroatoms. The summed E-state index contributed by atoms with van der Waals surface area (Å²) >= 11 is 0. The Kier molecular flexibility index (Phi) is 11.5. The summed E-state index contributed by atoms with van der Waals surface area (Å²) in [5, 5.41) is 0. The number of benzene rings is 1. The number of nitrogens with two attached hydrogens (primary N) is 1. The summed E-state index contributed by atoms with van der Waals surface area (Å²) in [6, 6.07) is 1.45. The van der Waals surface area contributed by atoms with Gasteiger partial charge in [-0.3, -0.25) is 0 Å². The fraction of sp³-hybridized carbons (Fsp3) is 0.667. The van der Waals surface area contributed by atoms with E-state index in [0.717, 1.165) is 57.5 Å². The first-order valence-corrected chi connectivity index (χ1v) is 8.64. The quantitative estimate of drug-likeness (QED) is 0.518. The standard InChI is InChI=1S/C18H28F3NO2/c19-15-13-17(20)16(18(21)14-15)7-3-1-4-9-23-10-5-2-6-11-24-12-8-22/h13-14H,1-12,22H2. The van der Waals surface area contributed by atoms with Crippen LogP contribution < -0.4 is 5.73 Å². The van der Waals surface area contributed by atoms with Gasteiger partial charge in [-0.05, 0) is 38.5 Å². The SMILES string of the molecule is NCCOCCCCCOCCCCCc1c(F)cc(F)cc1F. The predicted molar refractivity (Wildman–Crippen MR) is 88.4 cm³/mol. The molecule has 0 radical (unpaired) electrons. The van der Waals surface area contributed by atoms with Gasteiger partial charge in [0.15, 0.2) is 0 Å². The lowest BCUT2D eigenvalue weighted by atomic mass is 10.1. The van der Waals surface area contributed by atoms with Crippen LogP contribution in [-0.2, 0) is 15.9 Å². The third-order valence-corrected chi connectivity index (χ3v) is 3.66. The molecule has 1 rings (SSSR count). The highest BCUT2D eigenvalue weighted by atomic mass is 19.1. The topological polar surface area (TPSA) is 44.5 Å². The van der Waals surface area contributed by atoms with E-state index in [4.69, 9.17) is 15.2 Å². The monoisotopic (exact) mass is 347 g/mol. The van der Waals surface area contributed by atoms with Crippen molar-refractivity contribution in [2.24, 2.45) is 5.73 Å². The number of ether oxygens (including phenoxy) is 2. The van der Waals surface area contributed by atoms with Crippen molar-refractivity contribution in [3.8, 4) is 0 Å². The molecular formula is C18H28F3NO2. The third-order valence-electron chi connectivity index (χ3n) is 3.66. The van der Waals surface area contributed by atoms with Crippen molar-refractivity contribution in [1.29, 1.82) is 0 Å². The fourth-order valence-corrected chi connectivity index (χ4v) is 2.37. The van der Waals surface area contributed by atoms with Crippen molar-refractivity contribution < 1.29 is 22.6 Å². The average molecular weight is 347 g/mol. The van der Waals surface area contributed by atoms with Gasteiger partial charge in [0.2, 0.25) is 0 Å². The van der Waals surface area contributed by atoms with E-state index in [0.29, 0.717) is 26.2 Å². The predicted octanol–water partition coefficient (Wildman–Crippen LogP) is 3.98. The minimum atomic E-state index is -0.881. The number of hydrogen-bond acceptors (Lipinski definition) is 3. The maximum absolute atomic E-state index is 13.4. The molecule has 0 heterocycles. The maximum atomic E-state index is 13.4. The van der Waals surface area contributed by atoms with E-state index in [1.807, 2.05) is 0 Å². The lowest BCUT2D eigenvalue weighted by molar-refractivity contribution is 0.115. The molecule has 0 spiro atoms. The molecule has 0 fully saturated rings. The van der Waals surface area contributed by atoms with Gasteiger partial charge < -0.3 is 15.2 Å². The molecule has 3 nitrogen and oxygen atoms in total. The molecule has 0 aliphatic carbocycles. The Morgan fingerprint density at radius 2 is 1.21 bits per heavy atom. The smallest absolute Gasteiger partial charge is 0.132 e. The summed E-state index contributed by atoms with van der Waals surface area (Å²) in [5.41, 5.74) is 5.28. The molecule has 0 saturated carbocycles. The van der Waals surface area contributed by atoms with E-state index in [1.165, 1.54) is 0 Å². The molecule has 0 amide bonds. The largest absolute Gasteiger partial charge is 0.381 e. The van der Waals surface area contributed by atoms with E-state index < -0.39 is 17.5 Å². The van der Waals surface area contributed by atoms with Crippen molar-refractivity contribution in [2.75, 3.05) is 33.0 Å². The van der Waals surface area contributed by atoms with E-state index in [9.17, 15) is 13.2 Å². The van der Waals surface area contributed by atoms with Crippen LogP contribution in [-0.4, -0.2) is 33.0 Å². The summed E-state index contributed by atoms with van der Waals surface area (Å²) in [7, 11) is 0. The normalized spacial score (nSPS) is 11.2. The first kappa shape index (κ1) is 20.9. The molecule has 1 aromatic carbocycles. The van der Waals surface area contributed by atoms with Gasteiger partial charge in [0.05, 0.1) is 6.61 Å². The second kappa shape index (κ2) is 13.2. The van der Waals surface area contributed by atoms with Crippen LogP contribution in [0.5, 0.6) is 0 Å². The summed E-state index contributed by atoms with van der Waals surface area (Å²) in [5.74, 6) is -2.49. The van der Waals surface area contributed by atoms with Crippen LogP contribution in [0, 0.1) is 17.5 Å². The zero-order chi connectivity index (χ0) is 17.6. The minimum absolute atomic E-state index is 0.0332. The van der Waals surface area contributed by atoms with Crippen molar-refractivity contribution in [1.82, 2.24) is 0 Å². The van der Waals surface area contributed by atoms with Crippen LogP contribution in [0.3, 0.4) is 0 Å². The number of rotatable bonds is 14. The summed E-state index contributed by atoms with van der Waals surface area (Å²) in [6.07, 6.45) is 5.68. The van der Waals surface area contributed by atoms with Crippen LogP contribution in [0.4, 0.5) is 13.2 Å². The Balaban J connectivity index is 1.94. The van der Waals surface area contributed by atoms with E-state index in [1.54, 1.807) is 0 Å². The molecule has 24 heavy (non-hydrogen) atoms. The molecule has 0 saturated heterocycles. The molecular weight excluding hydrogens is 319 g/mol. The van der Waals surface area contributed by atoms with Gasteiger partial charge in [-0.25, -0.2) is 13.2 Å². The Hall–Kier alpha value is -1.11. The van der Waals surface area contributed by atoms with Crippen molar-refractivity contribution in [2.45, 2.75) is 44.9 Å². The Bertz CT molecular complexity index is 435. The highest BCUT2D eigenvalue weighted by Crippen LogP contribution is 2.17. The van der Waals surface area contributed by atoms with E-state index in [-0.39, 0.29) is 12.0 Å².